The third-order valence-electron chi connectivity index (χ3n) is 2.75. The van der Waals surface area contributed by atoms with Crippen LogP contribution in [0.15, 0.2) is 30.6 Å². The molecular weight excluding hydrogens is 218 g/mol. The molecule has 0 saturated carbocycles. The number of aromatic nitrogens is 5. The average molecular weight is 229 g/mol. The van der Waals surface area contributed by atoms with E-state index < -0.39 is 0 Å². The number of rotatable bonds is 3. The van der Waals surface area contributed by atoms with E-state index in [0.29, 0.717) is 0 Å². The largest absolute Gasteiger partial charge is 0.411 e. The van der Waals surface area contributed by atoms with Crippen molar-refractivity contribution in [3.05, 3.63) is 41.9 Å². The van der Waals surface area contributed by atoms with Gasteiger partial charge >= 0.3 is 0 Å². The first-order valence-electron chi connectivity index (χ1n) is 5.33. The number of benzene rings is 1. The average Bonchev–Trinajstić information content (AvgIpc) is 2.97. The number of aromatic amines is 1. The van der Waals surface area contributed by atoms with Crippen molar-refractivity contribution in [2.75, 3.05) is 0 Å². The first kappa shape index (κ1) is 9.83. The summed E-state index contributed by atoms with van der Waals surface area (Å²) >= 11 is 0. The van der Waals surface area contributed by atoms with E-state index >= 15 is 0 Å². The maximum Gasteiger partial charge on any atom is 0.110 e. The Hall–Kier alpha value is -2.37. The molecule has 0 aliphatic carbocycles. The standard InChI is InChI=1S/C11H11N5O/c17-16-11-4-2-8(5-9(11)6-13-16)1-3-10-7-12-15-14-10/h2,4-7,17H,1,3H2,(H,12,14,15). The molecule has 0 aliphatic heterocycles. The molecule has 0 fully saturated rings. The molecule has 2 aromatic heterocycles. The van der Waals surface area contributed by atoms with Gasteiger partial charge < -0.3 is 5.21 Å². The lowest BCUT2D eigenvalue weighted by atomic mass is 10.1. The highest BCUT2D eigenvalue weighted by Crippen LogP contribution is 2.15. The molecule has 3 aromatic rings. The van der Waals surface area contributed by atoms with Gasteiger partial charge in [0, 0.05) is 5.39 Å². The molecule has 0 radical (unpaired) electrons. The molecule has 0 aliphatic rings. The Labute approximate surface area is 96.8 Å². The van der Waals surface area contributed by atoms with Crippen molar-refractivity contribution in [3.8, 4) is 0 Å². The SMILES string of the molecule is On1ncc2cc(CCc3cn[nH]n3)ccc21. The van der Waals surface area contributed by atoms with Crippen LogP contribution < -0.4 is 0 Å². The zero-order valence-corrected chi connectivity index (χ0v) is 9.04. The van der Waals surface area contributed by atoms with Crippen LogP contribution in [0, 0.1) is 0 Å². The second-order valence-corrected chi connectivity index (χ2v) is 3.89. The highest BCUT2D eigenvalue weighted by molar-refractivity contribution is 5.78. The molecular formula is C11H11N5O. The first-order chi connectivity index (χ1) is 8.33. The molecule has 0 saturated heterocycles. The molecule has 17 heavy (non-hydrogen) atoms. The van der Waals surface area contributed by atoms with Gasteiger partial charge in [-0.2, -0.15) is 15.4 Å². The van der Waals surface area contributed by atoms with Gasteiger partial charge in [0.1, 0.15) is 5.52 Å². The van der Waals surface area contributed by atoms with Gasteiger partial charge in [0.25, 0.3) is 0 Å². The molecule has 6 heteroatoms. The number of hydrogen-bond acceptors (Lipinski definition) is 4. The molecule has 3 rings (SSSR count). The summed E-state index contributed by atoms with van der Waals surface area (Å²) in [6.45, 7) is 0. The van der Waals surface area contributed by atoms with Crippen molar-refractivity contribution in [1.82, 2.24) is 25.4 Å². The number of nitrogens with one attached hydrogen (secondary N) is 1. The normalized spacial score (nSPS) is 11.1. The van der Waals surface area contributed by atoms with Crippen molar-refractivity contribution in [1.29, 1.82) is 0 Å². The van der Waals surface area contributed by atoms with Gasteiger partial charge in [0.15, 0.2) is 0 Å². The lowest BCUT2D eigenvalue weighted by molar-refractivity contribution is 0.161. The van der Waals surface area contributed by atoms with Crippen LogP contribution in [0.2, 0.25) is 0 Å². The van der Waals surface area contributed by atoms with Gasteiger partial charge in [-0.15, -0.1) is 9.94 Å². The van der Waals surface area contributed by atoms with Gasteiger partial charge in [-0.3, -0.25) is 0 Å². The minimum atomic E-state index is 0.718. The third kappa shape index (κ3) is 1.84. The van der Waals surface area contributed by atoms with Crippen LogP contribution in [-0.4, -0.2) is 30.6 Å². The van der Waals surface area contributed by atoms with E-state index in [4.69, 9.17) is 0 Å². The lowest BCUT2D eigenvalue weighted by Gasteiger charge is -1.99. The van der Waals surface area contributed by atoms with E-state index in [0.717, 1.165) is 34.3 Å². The predicted octanol–water partition coefficient (Wildman–Crippen LogP) is 1.18. The Morgan fingerprint density at radius 2 is 2.18 bits per heavy atom. The summed E-state index contributed by atoms with van der Waals surface area (Å²) in [6.07, 6.45) is 5.10. The monoisotopic (exact) mass is 229 g/mol. The van der Waals surface area contributed by atoms with Crippen molar-refractivity contribution in [2.24, 2.45) is 0 Å². The Morgan fingerprint density at radius 1 is 1.24 bits per heavy atom. The first-order valence-corrected chi connectivity index (χ1v) is 5.33. The zero-order valence-electron chi connectivity index (χ0n) is 9.04. The van der Waals surface area contributed by atoms with Crippen molar-refractivity contribution in [2.45, 2.75) is 12.8 Å². The Morgan fingerprint density at radius 3 is 3.00 bits per heavy atom. The minimum Gasteiger partial charge on any atom is -0.411 e. The number of fused-ring (bicyclic) bond motifs is 1. The van der Waals surface area contributed by atoms with Crippen LogP contribution in [0.1, 0.15) is 11.3 Å². The van der Waals surface area contributed by atoms with Crippen LogP contribution in [0.4, 0.5) is 0 Å². The predicted molar refractivity (Wildman–Crippen MR) is 60.7 cm³/mol. The molecule has 0 spiro atoms. The molecule has 0 unspecified atom stereocenters. The highest BCUT2D eigenvalue weighted by atomic mass is 16.5. The maximum absolute atomic E-state index is 9.37. The molecule has 6 nitrogen and oxygen atoms in total. The van der Waals surface area contributed by atoms with E-state index in [2.05, 4.69) is 20.5 Å². The molecule has 1 aromatic carbocycles. The van der Waals surface area contributed by atoms with Gasteiger partial charge in [0.2, 0.25) is 0 Å². The maximum atomic E-state index is 9.37. The molecule has 86 valence electrons. The quantitative estimate of drug-likeness (QED) is 0.661. The fourth-order valence-electron chi connectivity index (χ4n) is 1.84. The second kappa shape index (κ2) is 3.89. The van der Waals surface area contributed by atoms with Crippen LogP contribution in [0.5, 0.6) is 0 Å². The van der Waals surface area contributed by atoms with E-state index in [9.17, 15) is 5.21 Å². The minimum absolute atomic E-state index is 0.718. The molecule has 2 heterocycles. The summed E-state index contributed by atoms with van der Waals surface area (Å²) < 4.78 is 0. The fraction of sp³-hybridized carbons (Fsp3) is 0.182. The lowest BCUT2D eigenvalue weighted by Crippen LogP contribution is -1.93. The molecule has 2 N–H and O–H groups in total. The van der Waals surface area contributed by atoms with Crippen LogP contribution in [0.25, 0.3) is 10.9 Å². The zero-order chi connectivity index (χ0) is 11.7. The van der Waals surface area contributed by atoms with E-state index in [1.54, 1.807) is 12.4 Å². The second-order valence-electron chi connectivity index (χ2n) is 3.89. The van der Waals surface area contributed by atoms with Crippen LogP contribution in [-0.2, 0) is 12.8 Å². The van der Waals surface area contributed by atoms with Gasteiger partial charge in [0.05, 0.1) is 18.1 Å². The third-order valence-corrected chi connectivity index (χ3v) is 2.75. The smallest absolute Gasteiger partial charge is 0.110 e. The summed E-state index contributed by atoms with van der Waals surface area (Å²) in [4.78, 5) is 0.886. The van der Waals surface area contributed by atoms with Gasteiger partial charge in [-0.05, 0) is 30.5 Å². The van der Waals surface area contributed by atoms with Gasteiger partial charge in [-0.25, -0.2) is 0 Å². The number of aryl methyl sites for hydroxylation is 2. The molecule has 0 atom stereocenters. The number of H-pyrrole nitrogens is 1. The molecule has 0 bridgehead atoms. The van der Waals surface area contributed by atoms with Crippen molar-refractivity contribution < 1.29 is 5.21 Å². The Bertz CT molecular complexity index is 628. The van der Waals surface area contributed by atoms with E-state index in [-0.39, 0.29) is 0 Å². The van der Waals surface area contributed by atoms with Gasteiger partial charge in [-0.1, -0.05) is 6.07 Å². The number of nitrogens with zero attached hydrogens (tertiary/aromatic N) is 4. The summed E-state index contributed by atoms with van der Waals surface area (Å²) in [5.41, 5.74) is 2.85. The van der Waals surface area contributed by atoms with E-state index in [1.807, 2.05) is 18.2 Å². The number of hydrogen-bond donors (Lipinski definition) is 2. The topological polar surface area (TPSA) is 79.6 Å². The van der Waals surface area contributed by atoms with E-state index in [1.165, 1.54) is 5.56 Å². The van der Waals surface area contributed by atoms with Crippen LogP contribution >= 0.6 is 0 Å². The summed E-state index contributed by atoms with van der Waals surface area (Å²) in [5, 5.41) is 24.5. The summed E-state index contributed by atoms with van der Waals surface area (Å²) in [6, 6.07) is 5.87. The van der Waals surface area contributed by atoms with Crippen LogP contribution in [0.3, 0.4) is 0 Å². The highest BCUT2D eigenvalue weighted by Gasteiger charge is 2.03. The van der Waals surface area contributed by atoms with Crippen molar-refractivity contribution in [3.63, 3.8) is 0 Å². The summed E-state index contributed by atoms with van der Waals surface area (Å²) in [7, 11) is 0. The Kier molecular flexibility index (Phi) is 2.25. The fourth-order valence-corrected chi connectivity index (χ4v) is 1.84. The van der Waals surface area contributed by atoms with Crippen molar-refractivity contribution >= 4 is 10.9 Å². The Balaban J connectivity index is 1.81. The summed E-state index contributed by atoms with van der Waals surface area (Å²) in [5.74, 6) is 0. The molecule has 0 amide bonds.